The number of aryl methyl sites for hydroxylation is 1. The summed E-state index contributed by atoms with van der Waals surface area (Å²) in [6, 6.07) is -0.136. The van der Waals surface area contributed by atoms with Crippen molar-refractivity contribution < 1.29 is 0 Å². The maximum Gasteiger partial charge on any atom is 0.115 e. The van der Waals surface area contributed by atoms with Crippen LogP contribution >= 0.6 is 0 Å². The Morgan fingerprint density at radius 1 is 1.40 bits per heavy atom. The second kappa shape index (κ2) is 4.14. The van der Waals surface area contributed by atoms with Gasteiger partial charge in [0.25, 0.3) is 0 Å². The first kappa shape index (κ1) is 9.72. The molecule has 0 saturated carbocycles. The molecule has 2 aromatic rings. The molecule has 0 fully saturated rings. The van der Waals surface area contributed by atoms with E-state index in [1.54, 1.807) is 17.1 Å². The molecule has 6 nitrogen and oxygen atoms in total. The minimum absolute atomic E-state index is 0.136. The molecule has 2 aromatic heterocycles. The SMILES string of the molecule is Cn1cc(CC(N)c2cncnc2)nn1. The second-order valence-electron chi connectivity index (χ2n) is 3.37. The van der Waals surface area contributed by atoms with Crippen LogP contribution in [-0.2, 0) is 13.5 Å². The highest BCUT2D eigenvalue weighted by Crippen LogP contribution is 2.11. The zero-order chi connectivity index (χ0) is 10.7. The fraction of sp³-hybridized carbons (Fsp3) is 0.333. The Labute approximate surface area is 87.2 Å². The van der Waals surface area contributed by atoms with Gasteiger partial charge in [0.2, 0.25) is 0 Å². The molecule has 6 heteroatoms. The molecule has 0 aromatic carbocycles. The quantitative estimate of drug-likeness (QED) is 0.751. The molecule has 1 unspecified atom stereocenters. The lowest BCUT2D eigenvalue weighted by atomic mass is 10.1. The number of nitrogens with two attached hydrogens (primary N) is 1. The molecule has 0 aliphatic rings. The van der Waals surface area contributed by atoms with E-state index in [1.165, 1.54) is 6.33 Å². The fourth-order valence-electron chi connectivity index (χ4n) is 1.33. The van der Waals surface area contributed by atoms with Crippen molar-refractivity contribution in [2.24, 2.45) is 12.8 Å². The van der Waals surface area contributed by atoms with Crippen LogP contribution in [0.4, 0.5) is 0 Å². The Hall–Kier alpha value is -1.82. The van der Waals surface area contributed by atoms with E-state index in [9.17, 15) is 0 Å². The second-order valence-corrected chi connectivity index (χ2v) is 3.37. The highest BCUT2D eigenvalue weighted by atomic mass is 15.4. The highest BCUT2D eigenvalue weighted by Gasteiger charge is 2.09. The standard InChI is InChI=1S/C9H12N6/c1-15-5-8(13-14-15)2-9(10)7-3-11-6-12-4-7/h3-6,9H,2,10H2,1H3. The number of aromatic nitrogens is 5. The van der Waals surface area contributed by atoms with Crippen molar-refractivity contribution in [3.63, 3.8) is 0 Å². The molecule has 0 amide bonds. The molecule has 2 rings (SSSR count). The molecule has 15 heavy (non-hydrogen) atoms. The van der Waals surface area contributed by atoms with Gasteiger partial charge >= 0.3 is 0 Å². The van der Waals surface area contributed by atoms with Gasteiger partial charge in [-0.05, 0) is 0 Å². The smallest absolute Gasteiger partial charge is 0.115 e. The van der Waals surface area contributed by atoms with E-state index in [1.807, 2.05) is 13.2 Å². The first-order valence-corrected chi connectivity index (χ1v) is 4.61. The first-order chi connectivity index (χ1) is 7.25. The Morgan fingerprint density at radius 2 is 2.13 bits per heavy atom. The maximum absolute atomic E-state index is 5.98. The third kappa shape index (κ3) is 2.35. The summed E-state index contributed by atoms with van der Waals surface area (Å²) in [4.78, 5) is 7.84. The number of rotatable bonds is 3. The van der Waals surface area contributed by atoms with Gasteiger partial charge in [0.15, 0.2) is 0 Å². The van der Waals surface area contributed by atoms with Crippen LogP contribution in [0.3, 0.4) is 0 Å². The fourth-order valence-corrected chi connectivity index (χ4v) is 1.33. The van der Waals surface area contributed by atoms with Crippen LogP contribution in [0.2, 0.25) is 0 Å². The molecule has 0 aliphatic carbocycles. The summed E-state index contributed by atoms with van der Waals surface area (Å²) >= 11 is 0. The molecule has 2 N–H and O–H groups in total. The Bertz CT molecular complexity index is 423. The molecule has 0 saturated heterocycles. The summed E-state index contributed by atoms with van der Waals surface area (Å²) in [6.45, 7) is 0. The molecule has 0 radical (unpaired) electrons. The van der Waals surface area contributed by atoms with Crippen LogP contribution in [0.15, 0.2) is 24.9 Å². The summed E-state index contributed by atoms with van der Waals surface area (Å²) in [7, 11) is 1.83. The van der Waals surface area contributed by atoms with Crippen LogP contribution in [0.25, 0.3) is 0 Å². The third-order valence-electron chi connectivity index (χ3n) is 2.09. The molecular formula is C9H12N6. The van der Waals surface area contributed by atoms with Gasteiger partial charge in [0, 0.05) is 43.7 Å². The Balaban J connectivity index is 2.07. The summed E-state index contributed by atoms with van der Waals surface area (Å²) < 4.78 is 1.66. The van der Waals surface area contributed by atoms with Crippen LogP contribution < -0.4 is 5.73 Å². The van der Waals surface area contributed by atoms with Gasteiger partial charge < -0.3 is 5.73 Å². The van der Waals surface area contributed by atoms with E-state index >= 15 is 0 Å². The number of hydrogen-bond donors (Lipinski definition) is 1. The van der Waals surface area contributed by atoms with E-state index in [0.717, 1.165) is 11.3 Å². The van der Waals surface area contributed by atoms with Gasteiger partial charge in [-0.15, -0.1) is 5.10 Å². The molecule has 78 valence electrons. The normalized spacial score (nSPS) is 12.7. The lowest BCUT2D eigenvalue weighted by Gasteiger charge is -2.07. The molecule has 1 atom stereocenters. The Morgan fingerprint density at radius 3 is 2.73 bits per heavy atom. The zero-order valence-electron chi connectivity index (χ0n) is 8.41. The molecule has 2 heterocycles. The molecule has 0 spiro atoms. The summed E-state index contributed by atoms with van der Waals surface area (Å²) in [5.41, 5.74) is 7.75. The average Bonchev–Trinajstić information content (AvgIpc) is 2.65. The van der Waals surface area contributed by atoms with E-state index in [4.69, 9.17) is 5.73 Å². The van der Waals surface area contributed by atoms with Crippen molar-refractivity contribution in [1.82, 2.24) is 25.0 Å². The molecule has 0 bridgehead atoms. The topological polar surface area (TPSA) is 82.5 Å². The van der Waals surface area contributed by atoms with Crippen LogP contribution in [0.1, 0.15) is 17.3 Å². The van der Waals surface area contributed by atoms with Crippen LogP contribution in [0.5, 0.6) is 0 Å². The van der Waals surface area contributed by atoms with Crippen LogP contribution in [-0.4, -0.2) is 25.0 Å². The van der Waals surface area contributed by atoms with Gasteiger partial charge in [0.05, 0.1) is 5.69 Å². The minimum atomic E-state index is -0.136. The van der Waals surface area contributed by atoms with Crippen LogP contribution in [0, 0.1) is 0 Å². The largest absolute Gasteiger partial charge is 0.324 e. The van der Waals surface area contributed by atoms with Crippen molar-refractivity contribution in [3.05, 3.63) is 36.2 Å². The monoisotopic (exact) mass is 204 g/mol. The van der Waals surface area contributed by atoms with E-state index in [0.29, 0.717) is 6.42 Å². The Kier molecular flexibility index (Phi) is 2.68. The minimum Gasteiger partial charge on any atom is -0.324 e. The van der Waals surface area contributed by atoms with Crippen molar-refractivity contribution >= 4 is 0 Å². The van der Waals surface area contributed by atoms with E-state index < -0.39 is 0 Å². The maximum atomic E-state index is 5.98. The third-order valence-corrected chi connectivity index (χ3v) is 2.09. The van der Waals surface area contributed by atoms with Gasteiger partial charge in [-0.25, -0.2) is 9.97 Å². The highest BCUT2D eigenvalue weighted by molar-refractivity contribution is 5.11. The number of hydrogen-bond acceptors (Lipinski definition) is 5. The van der Waals surface area contributed by atoms with Gasteiger partial charge in [0.1, 0.15) is 6.33 Å². The predicted molar refractivity (Wildman–Crippen MR) is 53.7 cm³/mol. The first-order valence-electron chi connectivity index (χ1n) is 4.61. The van der Waals surface area contributed by atoms with E-state index in [-0.39, 0.29) is 6.04 Å². The number of nitrogens with zero attached hydrogens (tertiary/aromatic N) is 5. The van der Waals surface area contributed by atoms with E-state index in [2.05, 4.69) is 20.3 Å². The van der Waals surface area contributed by atoms with Crippen molar-refractivity contribution in [2.45, 2.75) is 12.5 Å². The van der Waals surface area contributed by atoms with Crippen molar-refractivity contribution in [1.29, 1.82) is 0 Å². The van der Waals surface area contributed by atoms with Gasteiger partial charge in [-0.2, -0.15) is 0 Å². The summed E-state index contributed by atoms with van der Waals surface area (Å²) in [5.74, 6) is 0. The van der Waals surface area contributed by atoms with Crippen molar-refractivity contribution in [3.8, 4) is 0 Å². The molecule has 0 aliphatic heterocycles. The summed E-state index contributed by atoms with van der Waals surface area (Å²) in [6.07, 6.45) is 7.41. The van der Waals surface area contributed by atoms with Gasteiger partial charge in [-0.1, -0.05) is 5.21 Å². The molecular weight excluding hydrogens is 192 g/mol. The predicted octanol–water partition coefficient (Wildman–Crippen LogP) is -0.152. The van der Waals surface area contributed by atoms with Gasteiger partial charge in [-0.3, -0.25) is 4.68 Å². The zero-order valence-corrected chi connectivity index (χ0v) is 8.41. The lowest BCUT2D eigenvalue weighted by Crippen LogP contribution is -2.14. The average molecular weight is 204 g/mol. The van der Waals surface area contributed by atoms with Crippen molar-refractivity contribution in [2.75, 3.05) is 0 Å². The lowest BCUT2D eigenvalue weighted by molar-refractivity contribution is 0.689. The summed E-state index contributed by atoms with van der Waals surface area (Å²) in [5, 5.41) is 7.82.